The predicted octanol–water partition coefficient (Wildman–Crippen LogP) is 4.61. The van der Waals surface area contributed by atoms with Crippen molar-refractivity contribution in [1.82, 2.24) is 0 Å². The molecular weight excluding hydrogens is 200 g/mol. The van der Waals surface area contributed by atoms with Crippen LogP contribution < -0.4 is 0 Å². The smallest absolute Gasteiger partial charge is 0.192 e. The van der Waals surface area contributed by atoms with Gasteiger partial charge in [0.15, 0.2) is 8.32 Å². The Morgan fingerprint density at radius 1 is 1.27 bits per heavy atom. The van der Waals surface area contributed by atoms with Gasteiger partial charge in [-0.1, -0.05) is 33.8 Å². The minimum Gasteiger partial charge on any atom is -0.414 e. The van der Waals surface area contributed by atoms with Crippen LogP contribution in [0.15, 0.2) is 12.7 Å². The highest BCUT2D eigenvalue weighted by Gasteiger charge is 2.38. The van der Waals surface area contributed by atoms with Crippen molar-refractivity contribution in [2.45, 2.75) is 65.3 Å². The molecule has 0 unspecified atom stereocenters. The van der Waals surface area contributed by atoms with Crippen LogP contribution in [0.4, 0.5) is 0 Å². The first-order valence-corrected chi connectivity index (χ1v) is 8.81. The maximum absolute atomic E-state index is 6.27. The fraction of sp³-hybridized carbons (Fsp3) is 0.846. The largest absolute Gasteiger partial charge is 0.414 e. The summed E-state index contributed by atoms with van der Waals surface area (Å²) in [7, 11) is -1.58. The van der Waals surface area contributed by atoms with Gasteiger partial charge in [-0.05, 0) is 37.4 Å². The summed E-state index contributed by atoms with van der Waals surface area (Å²) in [5.41, 5.74) is 0. The van der Waals surface area contributed by atoms with Gasteiger partial charge in [0.2, 0.25) is 0 Å². The van der Waals surface area contributed by atoms with Crippen LogP contribution in [0.3, 0.4) is 0 Å². The van der Waals surface area contributed by atoms with Gasteiger partial charge in [-0.25, -0.2) is 0 Å². The molecule has 0 aromatic carbocycles. The topological polar surface area (TPSA) is 9.23 Å². The Morgan fingerprint density at radius 2 is 1.73 bits per heavy atom. The van der Waals surface area contributed by atoms with Gasteiger partial charge in [0.25, 0.3) is 0 Å². The Balaban J connectivity index is 4.28. The van der Waals surface area contributed by atoms with E-state index in [0.717, 1.165) is 6.42 Å². The fourth-order valence-electron chi connectivity index (χ4n) is 1.35. The zero-order valence-corrected chi connectivity index (χ0v) is 12.6. The lowest BCUT2D eigenvalue weighted by Crippen LogP contribution is -2.43. The molecule has 0 aliphatic rings. The van der Waals surface area contributed by atoms with Crippen LogP contribution in [-0.4, -0.2) is 14.4 Å². The lowest BCUT2D eigenvalue weighted by molar-refractivity contribution is 0.178. The summed E-state index contributed by atoms with van der Waals surface area (Å²) >= 11 is 0. The first-order chi connectivity index (χ1) is 6.60. The van der Waals surface area contributed by atoms with E-state index < -0.39 is 8.32 Å². The molecule has 0 aromatic rings. The standard InChI is InChI=1S/C13H28OSi/c1-9-11(2)10-12(3)14-15(7,8)13(4,5)6/h9,11-12H,1,10H2,2-8H3/t11-,12-/m0/s1. The van der Waals surface area contributed by atoms with Crippen molar-refractivity contribution < 1.29 is 4.43 Å². The molecule has 0 saturated heterocycles. The molecule has 0 amide bonds. The van der Waals surface area contributed by atoms with E-state index in [1.54, 1.807) is 0 Å². The summed E-state index contributed by atoms with van der Waals surface area (Å²) in [5.74, 6) is 0.546. The number of hydrogen-bond donors (Lipinski definition) is 0. The summed E-state index contributed by atoms with van der Waals surface area (Å²) in [6.07, 6.45) is 3.43. The van der Waals surface area contributed by atoms with Gasteiger partial charge >= 0.3 is 0 Å². The molecule has 0 heterocycles. The van der Waals surface area contributed by atoms with E-state index in [0.29, 0.717) is 17.1 Å². The second kappa shape index (κ2) is 5.31. The molecule has 0 aliphatic carbocycles. The molecule has 0 aromatic heterocycles. The molecule has 15 heavy (non-hydrogen) atoms. The van der Waals surface area contributed by atoms with Gasteiger partial charge in [0.05, 0.1) is 0 Å². The minimum absolute atomic E-state index is 0.304. The Labute approximate surface area is 97.0 Å². The third-order valence-corrected chi connectivity index (χ3v) is 8.01. The monoisotopic (exact) mass is 228 g/mol. The molecule has 2 heteroatoms. The minimum atomic E-state index is -1.58. The van der Waals surface area contributed by atoms with E-state index in [4.69, 9.17) is 4.43 Å². The van der Waals surface area contributed by atoms with Crippen LogP contribution in [0, 0.1) is 5.92 Å². The normalized spacial score (nSPS) is 17.3. The van der Waals surface area contributed by atoms with Crippen LogP contribution >= 0.6 is 0 Å². The molecule has 0 bridgehead atoms. The molecule has 0 rings (SSSR count). The molecule has 0 fully saturated rings. The first-order valence-electron chi connectivity index (χ1n) is 5.90. The molecule has 0 N–H and O–H groups in total. The van der Waals surface area contributed by atoms with E-state index in [1.165, 1.54) is 0 Å². The van der Waals surface area contributed by atoms with Crippen molar-refractivity contribution in [2.75, 3.05) is 0 Å². The van der Waals surface area contributed by atoms with E-state index in [9.17, 15) is 0 Å². The third kappa shape index (κ3) is 4.98. The van der Waals surface area contributed by atoms with Crippen molar-refractivity contribution in [3.05, 3.63) is 12.7 Å². The molecule has 0 saturated carbocycles. The summed E-state index contributed by atoms with van der Waals surface area (Å²) in [5, 5.41) is 0.304. The van der Waals surface area contributed by atoms with Gasteiger partial charge in [-0.3, -0.25) is 0 Å². The van der Waals surface area contributed by atoms with Gasteiger partial charge < -0.3 is 4.43 Å². The molecule has 0 radical (unpaired) electrons. The van der Waals surface area contributed by atoms with Crippen molar-refractivity contribution in [1.29, 1.82) is 0 Å². The molecule has 90 valence electrons. The van der Waals surface area contributed by atoms with Crippen LogP contribution in [-0.2, 0) is 4.43 Å². The quantitative estimate of drug-likeness (QED) is 0.493. The van der Waals surface area contributed by atoms with Crippen molar-refractivity contribution in [2.24, 2.45) is 5.92 Å². The highest BCUT2D eigenvalue weighted by Crippen LogP contribution is 2.37. The Kier molecular flexibility index (Phi) is 5.28. The highest BCUT2D eigenvalue weighted by atomic mass is 28.4. The number of hydrogen-bond acceptors (Lipinski definition) is 1. The lowest BCUT2D eigenvalue weighted by atomic mass is 10.1. The second-order valence-electron chi connectivity index (χ2n) is 6.14. The van der Waals surface area contributed by atoms with Crippen LogP contribution in [0.5, 0.6) is 0 Å². The van der Waals surface area contributed by atoms with Crippen LogP contribution in [0.25, 0.3) is 0 Å². The van der Waals surface area contributed by atoms with Gasteiger partial charge in [-0.2, -0.15) is 0 Å². The average molecular weight is 228 g/mol. The van der Waals surface area contributed by atoms with Gasteiger partial charge in [0.1, 0.15) is 0 Å². The van der Waals surface area contributed by atoms with Gasteiger partial charge in [-0.15, -0.1) is 6.58 Å². The van der Waals surface area contributed by atoms with E-state index in [-0.39, 0.29) is 0 Å². The first kappa shape index (κ1) is 14.9. The average Bonchev–Trinajstić information content (AvgIpc) is 2.00. The molecular formula is C13H28OSi. The Morgan fingerprint density at radius 3 is 2.07 bits per heavy atom. The molecule has 0 aliphatic heterocycles. The second-order valence-corrected chi connectivity index (χ2v) is 10.9. The molecule has 1 nitrogen and oxygen atoms in total. The maximum atomic E-state index is 6.27. The number of rotatable bonds is 5. The molecule has 0 spiro atoms. The van der Waals surface area contributed by atoms with E-state index >= 15 is 0 Å². The highest BCUT2D eigenvalue weighted by molar-refractivity contribution is 6.74. The Hall–Kier alpha value is -0.0831. The van der Waals surface area contributed by atoms with E-state index in [1.807, 2.05) is 6.08 Å². The van der Waals surface area contributed by atoms with Crippen LogP contribution in [0.1, 0.15) is 41.0 Å². The summed E-state index contributed by atoms with van der Waals surface area (Å²) in [4.78, 5) is 0. The SMILES string of the molecule is C=C[C@H](C)C[C@H](C)O[Si](C)(C)C(C)(C)C. The number of allylic oxidation sites excluding steroid dienone is 1. The van der Waals surface area contributed by atoms with E-state index in [2.05, 4.69) is 54.3 Å². The third-order valence-electron chi connectivity index (χ3n) is 3.41. The zero-order chi connectivity index (χ0) is 12.3. The summed E-state index contributed by atoms with van der Waals surface area (Å²) < 4.78 is 6.27. The zero-order valence-electron chi connectivity index (χ0n) is 11.6. The summed E-state index contributed by atoms with van der Waals surface area (Å²) in [6.45, 7) is 19.6. The Bertz CT molecular complexity index is 203. The van der Waals surface area contributed by atoms with Crippen molar-refractivity contribution >= 4 is 8.32 Å². The summed E-state index contributed by atoms with van der Waals surface area (Å²) in [6, 6.07) is 0. The lowest BCUT2D eigenvalue weighted by Gasteiger charge is -2.38. The molecule has 2 atom stereocenters. The van der Waals surface area contributed by atoms with Crippen molar-refractivity contribution in [3.63, 3.8) is 0 Å². The fourth-order valence-corrected chi connectivity index (χ4v) is 2.80. The predicted molar refractivity (Wildman–Crippen MR) is 71.7 cm³/mol. The van der Waals surface area contributed by atoms with Crippen molar-refractivity contribution in [3.8, 4) is 0 Å². The maximum Gasteiger partial charge on any atom is 0.192 e. The van der Waals surface area contributed by atoms with Gasteiger partial charge in [0, 0.05) is 6.10 Å². The van der Waals surface area contributed by atoms with Crippen LogP contribution in [0.2, 0.25) is 18.1 Å².